The molecule has 0 radical (unpaired) electrons. The highest BCUT2D eigenvalue weighted by atomic mass is 35.5. The Bertz CT molecular complexity index is 1170. The predicted octanol–water partition coefficient (Wildman–Crippen LogP) is 3.74. The molecule has 36 heavy (non-hydrogen) atoms. The standard InChI is InChI=1S/C28H37ClN4O3/c1-28(15-36-14-23(28)34)33-8-6-16(7-9-33)20-10-17-12-24(30-13-18(17)11-21(20)29)31-27(35)26-19-4-5-22(25(19)26)32(2)3/h10-13,16,19,22-23,25-26,34H,4-9,14-15H2,1-3H3,(H,30,31,35)/t19-,22?,23-,25-,26-,28+/m1/s1. The molecule has 6 atom stereocenters. The Balaban J connectivity index is 1.15. The van der Waals surface area contributed by atoms with Crippen LogP contribution in [0.1, 0.15) is 44.1 Å². The summed E-state index contributed by atoms with van der Waals surface area (Å²) in [5.41, 5.74) is 0.856. The minimum absolute atomic E-state index is 0.108. The summed E-state index contributed by atoms with van der Waals surface area (Å²) in [7, 11) is 4.23. The number of hydrogen-bond donors (Lipinski definition) is 2. The number of aliphatic hydroxyl groups excluding tert-OH is 1. The summed E-state index contributed by atoms with van der Waals surface area (Å²) in [5.74, 6) is 2.20. The van der Waals surface area contributed by atoms with Gasteiger partial charge >= 0.3 is 0 Å². The number of carbonyl (C=O) groups is 1. The number of hydrogen-bond acceptors (Lipinski definition) is 6. The van der Waals surface area contributed by atoms with Gasteiger partial charge in [0.1, 0.15) is 5.82 Å². The summed E-state index contributed by atoms with van der Waals surface area (Å²) in [6.07, 6.45) is 5.67. The van der Waals surface area contributed by atoms with Crippen LogP contribution in [0.5, 0.6) is 0 Å². The molecule has 2 N–H and O–H groups in total. The molecule has 2 saturated heterocycles. The van der Waals surface area contributed by atoms with E-state index < -0.39 is 6.10 Å². The van der Waals surface area contributed by atoms with Gasteiger partial charge in [-0.05, 0) is 107 Å². The number of piperidine rings is 1. The first-order chi connectivity index (χ1) is 17.3. The summed E-state index contributed by atoms with van der Waals surface area (Å²) in [6.45, 7) is 4.91. The molecule has 6 rings (SSSR count). The van der Waals surface area contributed by atoms with Gasteiger partial charge in [-0.25, -0.2) is 4.98 Å². The average Bonchev–Trinajstić information content (AvgIpc) is 3.21. The highest BCUT2D eigenvalue weighted by Crippen LogP contribution is 2.59. The first-order valence-corrected chi connectivity index (χ1v) is 13.7. The van der Waals surface area contributed by atoms with E-state index in [0.29, 0.717) is 42.8 Å². The molecule has 1 amide bonds. The average molecular weight is 513 g/mol. The number of aromatic nitrogens is 1. The van der Waals surface area contributed by atoms with Crippen LogP contribution in [0.15, 0.2) is 24.4 Å². The van der Waals surface area contributed by atoms with Gasteiger partial charge in [0.2, 0.25) is 5.91 Å². The highest BCUT2D eigenvalue weighted by molar-refractivity contribution is 6.32. The summed E-state index contributed by atoms with van der Waals surface area (Å²) in [5, 5.41) is 16.3. The first kappa shape index (κ1) is 24.6. The number of anilines is 1. The number of likely N-dealkylation sites (tertiary alicyclic amines) is 1. The molecule has 2 saturated carbocycles. The zero-order chi connectivity index (χ0) is 25.2. The molecule has 2 aliphatic carbocycles. The van der Waals surface area contributed by atoms with Crippen molar-refractivity contribution in [3.8, 4) is 0 Å². The summed E-state index contributed by atoms with van der Waals surface area (Å²) in [4.78, 5) is 22.2. The van der Waals surface area contributed by atoms with Crippen molar-refractivity contribution in [1.82, 2.24) is 14.8 Å². The maximum atomic E-state index is 13.0. The quantitative estimate of drug-likeness (QED) is 0.635. The van der Waals surface area contributed by atoms with E-state index >= 15 is 0 Å². The van der Waals surface area contributed by atoms with Crippen molar-refractivity contribution >= 4 is 34.1 Å². The van der Waals surface area contributed by atoms with Crippen LogP contribution in [0.4, 0.5) is 5.82 Å². The van der Waals surface area contributed by atoms with Crippen molar-refractivity contribution in [2.75, 3.05) is 45.7 Å². The smallest absolute Gasteiger partial charge is 0.229 e. The number of benzene rings is 1. The molecule has 1 aromatic heterocycles. The number of amides is 1. The van der Waals surface area contributed by atoms with Crippen molar-refractivity contribution in [3.63, 3.8) is 0 Å². The van der Waals surface area contributed by atoms with E-state index in [4.69, 9.17) is 16.3 Å². The van der Waals surface area contributed by atoms with Gasteiger partial charge in [0.25, 0.3) is 0 Å². The summed E-state index contributed by atoms with van der Waals surface area (Å²) >= 11 is 6.74. The lowest BCUT2D eigenvalue weighted by Crippen LogP contribution is -2.56. The fourth-order valence-electron chi connectivity index (χ4n) is 7.25. The molecule has 8 heteroatoms. The number of rotatable bonds is 5. The molecular formula is C28H37ClN4O3. The third-order valence-corrected chi connectivity index (χ3v) is 9.90. The van der Waals surface area contributed by atoms with E-state index in [2.05, 4.69) is 47.2 Å². The Hall–Kier alpha value is -1.77. The number of carbonyl (C=O) groups excluding carboxylic acids is 1. The normalized spacial score (nSPS) is 34.9. The second-order valence-corrected chi connectivity index (χ2v) is 12.2. The number of nitrogens with one attached hydrogen (secondary N) is 1. The van der Waals surface area contributed by atoms with Crippen molar-refractivity contribution in [1.29, 1.82) is 0 Å². The van der Waals surface area contributed by atoms with Gasteiger partial charge in [-0.2, -0.15) is 0 Å². The zero-order valence-electron chi connectivity index (χ0n) is 21.4. The minimum Gasteiger partial charge on any atom is -0.389 e. The fraction of sp³-hybridized carbons (Fsp3) is 0.643. The van der Waals surface area contributed by atoms with Gasteiger partial charge in [0.05, 0.1) is 24.9 Å². The van der Waals surface area contributed by atoms with E-state index in [1.807, 2.05) is 18.3 Å². The van der Waals surface area contributed by atoms with Crippen molar-refractivity contribution < 1.29 is 14.6 Å². The number of pyridine rings is 1. The predicted molar refractivity (Wildman–Crippen MR) is 141 cm³/mol. The Labute approximate surface area is 218 Å². The Morgan fingerprint density at radius 1 is 1.19 bits per heavy atom. The molecule has 3 heterocycles. The molecule has 4 aliphatic rings. The van der Waals surface area contributed by atoms with E-state index in [1.165, 1.54) is 6.42 Å². The van der Waals surface area contributed by atoms with E-state index in [1.54, 1.807) is 0 Å². The number of halogens is 1. The summed E-state index contributed by atoms with van der Waals surface area (Å²) in [6, 6.07) is 6.67. The number of ether oxygens (including phenoxy) is 1. The maximum Gasteiger partial charge on any atom is 0.229 e. The second kappa shape index (κ2) is 9.21. The monoisotopic (exact) mass is 512 g/mol. The third kappa shape index (κ3) is 4.13. The zero-order valence-corrected chi connectivity index (χ0v) is 22.2. The largest absolute Gasteiger partial charge is 0.389 e. The van der Waals surface area contributed by atoms with Gasteiger partial charge in [0.15, 0.2) is 0 Å². The van der Waals surface area contributed by atoms with Crippen LogP contribution in [0.2, 0.25) is 5.02 Å². The summed E-state index contributed by atoms with van der Waals surface area (Å²) < 4.78 is 5.55. The van der Waals surface area contributed by atoms with E-state index in [-0.39, 0.29) is 17.4 Å². The molecule has 0 spiro atoms. The Kier molecular flexibility index (Phi) is 6.28. The molecular weight excluding hydrogens is 476 g/mol. The maximum absolute atomic E-state index is 13.0. The Morgan fingerprint density at radius 3 is 2.67 bits per heavy atom. The van der Waals surface area contributed by atoms with Crippen molar-refractivity contribution in [2.45, 2.75) is 56.2 Å². The molecule has 1 aromatic carbocycles. The number of aliphatic hydroxyl groups is 1. The minimum atomic E-state index is -0.441. The van der Waals surface area contributed by atoms with E-state index in [0.717, 1.165) is 53.7 Å². The number of nitrogens with zero attached hydrogens (tertiary/aromatic N) is 3. The SMILES string of the molecule is CN(C)C1CC[C@H]2[C@@H](C(=O)Nc3cc4cc(C5CCN([C@@]6(C)COC[C@H]6O)CC5)c(Cl)cc4cn3)[C@@H]12. The van der Waals surface area contributed by atoms with Gasteiger partial charge in [-0.1, -0.05) is 11.6 Å². The van der Waals surface area contributed by atoms with Gasteiger partial charge < -0.3 is 20.1 Å². The topological polar surface area (TPSA) is 77.9 Å². The van der Waals surface area contributed by atoms with Crippen LogP contribution in [0.25, 0.3) is 10.8 Å². The lowest BCUT2D eigenvalue weighted by Gasteiger charge is -2.43. The van der Waals surface area contributed by atoms with Crippen molar-refractivity contribution in [3.05, 3.63) is 35.0 Å². The van der Waals surface area contributed by atoms with E-state index in [9.17, 15) is 9.90 Å². The highest BCUT2D eigenvalue weighted by Gasteiger charge is 2.61. The molecule has 1 unspecified atom stereocenters. The first-order valence-electron chi connectivity index (χ1n) is 13.3. The van der Waals surface area contributed by atoms with Crippen LogP contribution in [0, 0.1) is 17.8 Å². The van der Waals surface area contributed by atoms with Gasteiger partial charge in [0, 0.05) is 28.6 Å². The van der Waals surface area contributed by atoms with Crippen LogP contribution in [-0.4, -0.2) is 83.9 Å². The molecule has 194 valence electrons. The lowest BCUT2D eigenvalue weighted by molar-refractivity contribution is -0.118. The van der Waals surface area contributed by atoms with Gasteiger partial charge in [-0.3, -0.25) is 9.69 Å². The number of fused-ring (bicyclic) bond motifs is 2. The van der Waals surface area contributed by atoms with Gasteiger partial charge in [-0.15, -0.1) is 0 Å². The van der Waals surface area contributed by atoms with Crippen LogP contribution in [-0.2, 0) is 9.53 Å². The van der Waals surface area contributed by atoms with Crippen LogP contribution in [0.3, 0.4) is 0 Å². The van der Waals surface area contributed by atoms with Crippen LogP contribution < -0.4 is 5.32 Å². The molecule has 2 aliphatic heterocycles. The molecule has 0 bridgehead atoms. The fourth-order valence-corrected chi connectivity index (χ4v) is 7.58. The van der Waals surface area contributed by atoms with Crippen LogP contribution >= 0.6 is 11.6 Å². The third-order valence-electron chi connectivity index (χ3n) is 9.57. The molecule has 7 nitrogen and oxygen atoms in total. The lowest BCUT2D eigenvalue weighted by atomic mass is 9.85. The van der Waals surface area contributed by atoms with Crippen molar-refractivity contribution in [2.24, 2.45) is 17.8 Å². The Morgan fingerprint density at radius 2 is 1.97 bits per heavy atom. The molecule has 2 aromatic rings. The second-order valence-electron chi connectivity index (χ2n) is 11.8. The molecule has 4 fully saturated rings.